The minimum atomic E-state index is -0.697. The first-order valence-electron chi connectivity index (χ1n) is 6.94. The van der Waals surface area contributed by atoms with Crippen LogP contribution in [-0.2, 0) is 4.79 Å². The molecule has 2 atom stereocenters. The first-order valence-corrected chi connectivity index (χ1v) is 6.94. The van der Waals surface area contributed by atoms with Crippen molar-refractivity contribution >= 4 is 11.9 Å². The van der Waals surface area contributed by atoms with Crippen molar-refractivity contribution in [2.45, 2.75) is 57.5 Å². The zero-order valence-corrected chi connectivity index (χ0v) is 11.3. The van der Waals surface area contributed by atoms with Crippen molar-refractivity contribution in [2.24, 2.45) is 0 Å². The van der Waals surface area contributed by atoms with Crippen LogP contribution in [0.3, 0.4) is 0 Å². The Kier molecular flexibility index (Phi) is 3.90. The van der Waals surface area contributed by atoms with Crippen LogP contribution in [0, 0.1) is 0 Å². The largest absolute Gasteiger partial charge is 0.325 e. The number of nitrogens with zero attached hydrogens (tertiary/aromatic N) is 1. The van der Waals surface area contributed by atoms with Gasteiger partial charge < -0.3 is 10.6 Å². The van der Waals surface area contributed by atoms with E-state index in [-0.39, 0.29) is 11.9 Å². The molecule has 0 spiro atoms. The summed E-state index contributed by atoms with van der Waals surface area (Å²) < 4.78 is 0. The molecule has 102 valence electrons. The van der Waals surface area contributed by atoms with Crippen LogP contribution in [0.2, 0.25) is 0 Å². The van der Waals surface area contributed by atoms with E-state index in [1.165, 1.54) is 17.7 Å². The predicted molar refractivity (Wildman–Crippen MR) is 69.2 cm³/mol. The molecule has 2 fully saturated rings. The first-order chi connectivity index (χ1) is 8.57. The first kappa shape index (κ1) is 13.3. The minimum Gasteiger partial charge on any atom is -0.323 e. The summed E-state index contributed by atoms with van der Waals surface area (Å²) in [5.41, 5.74) is -0.697. The van der Waals surface area contributed by atoms with Crippen molar-refractivity contribution in [2.75, 3.05) is 13.1 Å². The summed E-state index contributed by atoms with van der Waals surface area (Å²) in [4.78, 5) is 25.3. The highest BCUT2D eigenvalue weighted by Gasteiger charge is 2.46. The highest BCUT2D eigenvalue weighted by Crippen LogP contribution is 2.21. The van der Waals surface area contributed by atoms with Crippen molar-refractivity contribution in [3.05, 3.63) is 0 Å². The van der Waals surface area contributed by atoms with E-state index in [0.717, 1.165) is 19.4 Å². The van der Waals surface area contributed by atoms with Crippen molar-refractivity contribution in [1.29, 1.82) is 0 Å². The van der Waals surface area contributed by atoms with E-state index in [9.17, 15) is 9.59 Å². The van der Waals surface area contributed by atoms with Gasteiger partial charge in [-0.25, -0.2) is 4.79 Å². The monoisotopic (exact) mass is 253 g/mol. The van der Waals surface area contributed by atoms with Gasteiger partial charge in [-0.15, -0.1) is 0 Å². The lowest BCUT2D eigenvalue weighted by atomic mass is 9.99. The van der Waals surface area contributed by atoms with Gasteiger partial charge in [0.05, 0.1) is 0 Å². The summed E-state index contributed by atoms with van der Waals surface area (Å²) in [5.74, 6) is -0.0780. The molecule has 2 rings (SSSR count). The molecular formula is C13H23N3O2. The van der Waals surface area contributed by atoms with Crippen LogP contribution in [-0.4, -0.2) is 41.5 Å². The number of carbonyl (C=O) groups excluding carboxylic acids is 2. The molecule has 2 N–H and O–H groups in total. The molecule has 5 nitrogen and oxygen atoms in total. The Hall–Kier alpha value is -1.10. The fraction of sp³-hybridized carbons (Fsp3) is 0.846. The number of hydrogen-bond donors (Lipinski definition) is 2. The Morgan fingerprint density at radius 3 is 2.72 bits per heavy atom. The summed E-state index contributed by atoms with van der Waals surface area (Å²) >= 11 is 0. The molecule has 2 aliphatic heterocycles. The SMILES string of the molecule is CCC1(C)NC(=O)N(CCC2CCCCN2)C1=O. The maximum Gasteiger partial charge on any atom is 0.325 e. The van der Waals surface area contributed by atoms with Gasteiger partial charge in [0.25, 0.3) is 5.91 Å². The van der Waals surface area contributed by atoms with Gasteiger partial charge in [0.15, 0.2) is 0 Å². The van der Waals surface area contributed by atoms with E-state index < -0.39 is 5.54 Å². The van der Waals surface area contributed by atoms with Gasteiger partial charge in [-0.05, 0) is 39.2 Å². The third kappa shape index (κ3) is 2.51. The molecule has 0 aromatic rings. The maximum atomic E-state index is 12.2. The summed E-state index contributed by atoms with van der Waals surface area (Å²) in [6.07, 6.45) is 5.11. The molecule has 0 bridgehead atoms. The molecule has 2 unspecified atom stereocenters. The fourth-order valence-corrected chi connectivity index (χ4v) is 2.65. The zero-order valence-electron chi connectivity index (χ0n) is 11.3. The van der Waals surface area contributed by atoms with Gasteiger partial charge in [0, 0.05) is 12.6 Å². The van der Waals surface area contributed by atoms with E-state index in [2.05, 4.69) is 10.6 Å². The zero-order chi connectivity index (χ0) is 13.2. The minimum absolute atomic E-state index is 0.0780. The van der Waals surface area contributed by atoms with Gasteiger partial charge in [0.1, 0.15) is 5.54 Å². The van der Waals surface area contributed by atoms with Gasteiger partial charge in [0.2, 0.25) is 0 Å². The van der Waals surface area contributed by atoms with Crippen molar-refractivity contribution < 1.29 is 9.59 Å². The van der Waals surface area contributed by atoms with Gasteiger partial charge in [-0.3, -0.25) is 9.69 Å². The summed E-state index contributed by atoms with van der Waals surface area (Å²) in [6.45, 7) is 5.30. The number of rotatable bonds is 4. The van der Waals surface area contributed by atoms with E-state index in [0.29, 0.717) is 19.0 Å². The van der Waals surface area contributed by atoms with Gasteiger partial charge in [-0.2, -0.15) is 0 Å². The molecule has 0 radical (unpaired) electrons. The Balaban J connectivity index is 1.89. The molecule has 3 amide bonds. The fourth-order valence-electron chi connectivity index (χ4n) is 2.65. The van der Waals surface area contributed by atoms with Crippen LogP contribution in [0.5, 0.6) is 0 Å². The molecule has 0 aromatic heterocycles. The van der Waals surface area contributed by atoms with E-state index in [1.807, 2.05) is 6.92 Å². The van der Waals surface area contributed by atoms with Gasteiger partial charge >= 0.3 is 6.03 Å². The molecule has 0 saturated carbocycles. The number of nitrogens with one attached hydrogen (secondary N) is 2. The maximum absolute atomic E-state index is 12.2. The average molecular weight is 253 g/mol. The molecule has 18 heavy (non-hydrogen) atoms. The van der Waals surface area contributed by atoms with Crippen LogP contribution < -0.4 is 10.6 Å². The van der Waals surface area contributed by atoms with E-state index >= 15 is 0 Å². The second-order valence-corrected chi connectivity index (χ2v) is 5.51. The molecular weight excluding hydrogens is 230 g/mol. The standard InChI is InChI=1S/C13H23N3O2/c1-3-13(2)11(17)16(12(18)15-13)9-7-10-6-4-5-8-14-10/h10,14H,3-9H2,1-2H3,(H,15,18). The normalized spacial score (nSPS) is 32.8. The number of hydrogen-bond acceptors (Lipinski definition) is 3. The number of piperidine rings is 1. The lowest BCUT2D eigenvalue weighted by Crippen LogP contribution is -2.43. The van der Waals surface area contributed by atoms with Crippen LogP contribution in [0.15, 0.2) is 0 Å². The lowest BCUT2D eigenvalue weighted by Gasteiger charge is -2.25. The van der Waals surface area contributed by atoms with Crippen LogP contribution >= 0.6 is 0 Å². The highest BCUT2D eigenvalue weighted by atomic mass is 16.2. The number of imide groups is 1. The second-order valence-electron chi connectivity index (χ2n) is 5.51. The Bertz CT molecular complexity index is 339. The lowest BCUT2D eigenvalue weighted by molar-refractivity contribution is -0.130. The smallest absolute Gasteiger partial charge is 0.323 e. The summed E-state index contributed by atoms with van der Waals surface area (Å²) in [5, 5.41) is 6.22. The predicted octanol–water partition coefficient (Wildman–Crippen LogP) is 1.24. The molecule has 2 saturated heterocycles. The van der Waals surface area contributed by atoms with E-state index in [4.69, 9.17) is 0 Å². The van der Waals surface area contributed by atoms with Gasteiger partial charge in [-0.1, -0.05) is 13.3 Å². The average Bonchev–Trinajstić information content (AvgIpc) is 2.60. The van der Waals surface area contributed by atoms with Crippen molar-refractivity contribution in [1.82, 2.24) is 15.5 Å². The topological polar surface area (TPSA) is 61.4 Å². The van der Waals surface area contributed by atoms with Crippen LogP contribution in [0.1, 0.15) is 46.0 Å². The Labute approximate surface area is 108 Å². The highest BCUT2D eigenvalue weighted by molar-refractivity contribution is 6.06. The third-order valence-electron chi connectivity index (χ3n) is 4.17. The third-order valence-corrected chi connectivity index (χ3v) is 4.17. The van der Waals surface area contributed by atoms with Crippen LogP contribution in [0.4, 0.5) is 4.79 Å². The Morgan fingerprint density at radius 1 is 1.39 bits per heavy atom. The number of amides is 3. The molecule has 2 heterocycles. The second kappa shape index (κ2) is 5.26. The Morgan fingerprint density at radius 2 is 2.17 bits per heavy atom. The summed E-state index contributed by atoms with van der Waals surface area (Å²) in [7, 11) is 0. The summed E-state index contributed by atoms with van der Waals surface area (Å²) in [6, 6.07) is 0.216. The molecule has 2 aliphatic rings. The van der Waals surface area contributed by atoms with Crippen molar-refractivity contribution in [3.63, 3.8) is 0 Å². The number of carbonyl (C=O) groups is 2. The van der Waals surface area contributed by atoms with E-state index in [1.54, 1.807) is 6.92 Å². The molecule has 0 aliphatic carbocycles. The molecule has 5 heteroatoms. The van der Waals surface area contributed by atoms with Crippen LogP contribution in [0.25, 0.3) is 0 Å². The van der Waals surface area contributed by atoms with Crippen molar-refractivity contribution in [3.8, 4) is 0 Å². The molecule has 0 aromatic carbocycles. The quantitative estimate of drug-likeness (QED) is 0.741. The number of urea groups is 1.